The van der Waals surface area contributed by atoms with Crippen molar-refractivity contribution in [2.24, 2.45) is 0 Å². The van der Waals surface area contributed by atoms with E-state index < -0.39 is 0 Å². The second-order valence-electron chi connectivity index (χ2n) is 4.04. The Kier molecular flexibility index (Phi) is 2.71. The number of rotatable bonds is 1. The van der Waals surface area contributed by atoms with Crippen molar-refractivity contribution >= 4 is 0 Å². The van der Waals surface area contributed by atoms with E-state index in [0.717, 1.165) is 18.4 Å². The first kappa shape index (κ1) is 9.50. The van der Waals surface area contributed by atoms with Gasteiger partial charge >= 0.3 is 0 Å². The first-order chi connectivity index (χ1) is 6.77. The monoisotopic (exact) mass is 194 g/mol. The van der Waals surface area contributed by atoms with Gasteiger partial charge in [0.05, 0.1) is 0 Å². The van der Waals surface area contributed by atoms with Gasteiger partial charge in [0, 0.05) is 0 Å². The third kappa shape index (κ3) is 1.89. The fourth-order valence-electron chi connectivity index (χ4n) is 2.27. The Balaban J connectivity index is 2.24. The van der Waals surface area contributed by atoms with Gasteiger partial charge in [-0.15, -0.1) is 0 Å². The molecule has 76 valence electrons. The van der Waals surface area contributed by atoms with Gasteiger partial charge in [-0.3, -0.25) is 0 Å². The summed E-state index contributed by atoms with van der Waals surface area (Å²) in [5.74, 6) is 0.362. The lowest BCUT2D eigenvalue weighted by Crippen LogP contribution is -2.04. The standard InChI is InChI=1S/C12H15FO/c13-10-6-7-12(14)11(8-10)9-4-2-1-3-5-9/h6-9,14H,1-5H2. The highest BCUT2D eigenvalue weighted by Crippen LogP contribution is 2.37. The van der Waals surface area contributed by atoms with Gasteiger partial charge in [-0.25, -0.2) is 4.39 Å². The molecule has 1 aromatic rings. The van der Waals surface area contributed by atoms with Crippen molar-refractivity contribution in [3.8, 4) is 5.75 Å². The van der Waals surface area contributed by atoms with E-state index in [9.17, 15) is 9.50 Å². The smallest absolute Gasteiger partial charge is 0.123 e. The van der Waals surface area contributed by atoms with Crippen LogP contribution in [0.25, 0.3) is 0 Å². The highest BCUT2D eigenvalue weighted by molar-refractivity contribution is 5.35. The van der Waals surface area contributed by atoms with E-state index in [1.54, 1.807) is 0 Å². The number of benzene rings is 1. The molecule has 0 bridgehead atoms. The number of hydrogen-bond donors (Lipinski definition) is 1. The topological polar surface area (TPSA) is 20.2 Å². The fourth-order valence-corrected chi connectivity index (χ4v) is 2.27. The molecule has 2 rings (SSSR count). The number of phenols is 1. The lowest BCUT2D eigenvalue weighted by Gasteiger charge is -2.22. The molecule has 0 heterocycles. The normalized spacial score (nSPS) is 18.4. The maximum Gasteiger partial charge on any atom is 0.123 e. The molecule has 1 aliphatic rings. The highest BCUT2D eigenvalue weighted by Gasteiger charge is 2.18. The molecule has 0 aliphatic heterocycles. The van der Waals surface area contributed by atoms with Crippen LogP contribution in [0.2, 0.25) is 0 Å². The van der Waals surface area contributed by atoms with Crippen molar-refractivity contribution in [1.82, 2.24) is 0 Å². The Morgan fingerprint density at radius 1 is 1.14 bits per heavy atom. The van der Waals surface area contributed by atoms with Gasteiger partial charge in [-0.2, -0.15) is 0 Å². The quantitative estimate of drug-likeness (QED) is 0.724. The third-order valence-corrected chi connectivity index (χ3v) is 3.03. The molecule has 0 atom stereocenters. The Morgan fingerprint density at radius 2 is 1.86 bits per heavy atom. The Labute approximate surface area is 83.6 Å². The number of halogens is 1. The minimum absolute atomic E-state index is 0.247. The lowest BCUT2D eigenvalue weighted by molar-refractivity contribution is 0.412. The summed E-state index contributed by atoms with van der Waals surface area (Å²) in [6, 6.07) is 4.24. The molecule has 0 unspecified atom stereocenters. The van der Waals surface area contributed by atoms with E-state index in [1.807, 2.05) is 0 Å². The second-order valence-corrected chi connectivity index (χ2v) is 4.04. The molecule has 1 N–H and O–H groups in total. The van der Waals surface area contributed by atoms with Gasteiger partial charge < -0.3 is 5.11 Å². The molecule has 1 fully saturated rings. The van der Waals surface area contributed by atoms with Crippen molar-refractivity contribution in [1.29, 1.82) is 0 Å². The predicted octanol–water partition coefficient (Wildman–Crippen LogP) is 3.58. The van der Waals surface area contributed by atoms with Gasteiger partial charge in [0.15, 0.2) is 0 Å². The zero-order valence-corrected chi connectivity index (χ0v) is 8.17. The zero-order valence-electron chi connectivity index (χ0n) is 8.17. The Morgan fingerprint density at radius 3 is 2.57 bits per heavy atom. The minimum atomic E-state index is -0.247. The SMILES string of the molecule is Oc1ccc(F)cc1C1CCCCC1. The van der Waals surface area contributed by atoms with Crippen LogP contribution in [0.1, 0.15) is 43.6 Å². The number of aromatic hydroxyl groups is 1. The molecule has 14 heavy (non-hydrogen) atoms. The molecule has 0 aromatic heterocycles. The van der Waals surface area contributed by atoms with Crippen LogP contribution in [-0.2, 0) is 0 Å². The fraction of sp³-hybridized carbons (Fsp3) is 0.500. The molecule has 0 saturated heterocycles. The molecule has 1 nitrogen and oxygen atoms in total. The minimum Gasteiger partial charge on any atom is -0.508 e. The summed E-state index contributed by atoms with van der Waals surface area (Å²) in [6.45, 7) is 0. The van der Waals surface area contributed by atoms with Crippen LogP contribution in [0.15, 0.2) is 18.2 Å². The van der Waals surface area contributed by atoms with Gasteiger partial charge in [-0.1, -0.05) is 19.3 Å². The maximum atomic E-state index is 13.0. The van der Waals surface area contributed by atoms with Gasteiger partial charge in [0.1, 0.15) is 11.6 Å². The van der Waals surface area contributed by atoms with Crippen LogP contribution >= 0.6 is 0 Å². The molecule has 2 heteroatoms. The maximum absolute atomic E-state index is 13.0. The van der Waals surface area contributed by atoms with Crippen molar-refractivity contribution in [3.63, 3.8) is 0 Å². The number of phenolic OH excluding ortho intramolecular Hbond substituents is 1. The summed E-state index contributed by atoms with van der Waals surface area (Å²) >= 11 is 0. The number of hydrogen-bond acceptors (Lipinski definition) is 1. The Hall–Kier alpha value is -1.05. The average Bonchev–Trinajstić information content (AvgIpc) is 2.23. The predicted molar refractivity (Wildman–Crippen MR) is 53.9 cm³/mol. The van der Waals surface area contributed by atoms with E-state index in [4.69, 9.17) is 0 Å². The molecule has 1 saturated carbocycles. The summed E-state index contributed by atoms with van der Waals surface area (Å²) in [5, 5.41) is 9.62. The van der Waals surface area contributed by atoms with Crippen LogP contribution < -0.4 is 0 Å². The van der Waals surface area contributed by atoms with Crippen LogP contribution in [0, 0.1) is 5.82 Å². The summed E-state index contributed by atoms with van der Waals surface area (Å²) < 4.78 is 13.0. The van der Waals surface area contributed by atoms with Crippen LogP contribution in [-0.4, -0.2) is 5.11 Å². The first-order valence-corrected chi connectivity index (χ1v) is 5.26. The van der Waals surface area contributed by atoms with Crippen molar-refractivity contribution in [2.45, 2.75) is 38.0 Å². The third-order valence-electron chi connectivity index (χ3n) is 3.03. The van der Waals surface area contributed by atoms with E-state index in [1.165, 1.54) is 37.5 Å². The summed E-state index contributed by atoms with van der Waals surface area (Å²) in [4.78, 5) is 0. The van der Waals surface area contributed by atoms with Gasteiger partial charge in [0.25, 0.3) is 0 Å². The largest absolute Gasteiger partial charge is 0.508 e. The van der Waals surface area contributed by atoms with Gasteiger partial charge in [-0.05, 0) is 42.5 Å². The van der Waals surface area contributed by atoms with E-state index in [0.29, 0.717) is 5.92 Å². The van der Waals surface area contributed by atoms with Crippen LogP contribution in [0.5, 0.6) is 5.75 Å². The lowest BCUT2D eigenvalue weighted by atomic mass is 9.84. The molecule has 0 amide bonds. The molecule has 0 spiro atoms. The average molecular weight is 194 g/mol. The highest BCUT2D eigenvalue weighted by atomic mass is 19.1. The summed E-state index contributed by atoms with van der Waals surface area (Å²) in [5.41, 5.74) is 0.796. The van der Waals surface area contributed by atoms with Crippen molar-refractivity contribution in [2.75, 3.05) is 0 Å². The summed E-state index contributed by atoms with van der Waals surface area (Å²) in [7, 11) is 0. The first-order valence-electron chi connectivity index (χ1n) is 5.26. The van der Waals surface area contributed by atoms with Gasteiger partial charge in [0.2, 0.25) is 0 Å². The molecular weight excluding hydrogens is 179 g/mol. The van der Waals surface area contributed by atoms with Crippen molar-refractivity contribution < 1.29 is 9.50 Å². The second kappa shape index (κ2) is 3.99. The van der Waals surface area contributed by atoms with E-state index >= 15 is 0 Å². The van der Waals surface area contributed by atoms with E-state index in [2.05, 4.69) is 0 Å². The molecule has 1 aliphatic carbocycles. The van der Waals surface area contributed by atoms with E-state index in [-0.39, 0.29) is 11.6 Å². The van der Waals surface area contributed by atoms with Crippen molar-refractivity contribution in [3.05, 3.63) is 29.6 Å². The molecule has 0 radical (unpaired) electrons. The molecular formula is C12H15FO. The van der Waals surface area contributed by atoms with Crippen LogP contribution in [0.3, 0.4) is 0 Å². The zero-order chi connectivity index (χ0) is 9.97. The summed E-state index contributed by atoms with van der Waals surface area (Å²) in [6.07, 6.45) is 5.82. The van der Waals surface area contributed by atoms with Crippen LogP contribution in [0.4, 0.5) is 4.39 Å². The Bertz CT molecular complexity index is 316. The molecule has 1 aromatic carbocycles.